The predicted octanol–water partition coefficient (Wildman–Crippen LogP) is 3.65. The molecule has 0 saturated carbocycles. The molecule has 1 aliphatic rings. The molecule has 0 atom stereocenters. The normalized spacial score (nSPS) is 13.7. The Balaban J connectivity index is 1.47. The van der Waals surface area contributed by atoms with Crippen molar-refractivity contribution in [2.75, 3.05) is 29.9 Å². The molecular formula is C18H22ClN5S. The fraction of sp³-hybridized carbons (Fsp3) is 0.389. The molecule has 1 fully saturated rings. The van der Waals surface area contributed by atoms with Gasteiger partial charge in [0.25, 0.3) is 0 Å². The number of aryl methyl sites for hydroxylation is 1. The van der Waals surface area contributed by atoms with Gasteiger partial charge in [0.05, 0.1) is 0 Å². The summed E-state index contributed by atoms with van der Waals surface area (Å²) in [4.78, 5) is 11.0. The number of hydrogen-bond donors (Lipinski definition) is 2. The number of anilines is 2. The van der Waals surface area contributed by atoms with Crippen molar-refractivity contribution in [1.29, 1.82) is 0 Å². The van der Waals surface area contributed by atoms with E-state index in [-0.39, 0.29) is 0 Å². The van der Waals surface area contributed by atoms with Crippen LogP contribution in [0.4, 0.5) is 11.8 Å². The number of rotatable bonds is 6. The summed E-state index contributed by atoms with van der Waals surface area (Å²) in [5.41, 5.74) is 1.33. The van der Waals surface area contributed by atoms with E-state index in [4.69, 9.17) is 23.8 Å². The number of hydrogen-bond acceptors (Lipinski definition) is 4. The Kier molecular flexibility index (Phi) is 6.42. The quantitative estimate of drug-likeness (QED) is 0.456. The maximum atomic E-state index is 6.13. The summed E-state index contributed by atoms with van der Waals surface area (Å²) < 4.78 is 0. The van der Waals surface area contributed by atoms with Crippen LogP contribution in [0.5, 0.6) is 0 Å². The van der Waals surface area contributed by atoms with Gasteiger partial charge in [-0.25, -0.2) is 4.98 Å². The third-order valence-corrected chi connectivity index (χ3v) is 4.55. The SMILES string of the molecule is S=C(NCCCc1ccccc1)Nc1nc(Cl)cc(N2CCCC2)n1. The van der Waals surface area contributed by atoms with Gasteiger partial charge in [-0.3, -0.25) is 0 Å². The van der Waals surface area contributed by atoms with Crippen LogP contribution in [0.1, 0.15) is 24.8 Å². The average Bonchev–Trinajstić information content (AvgIpc) is 3.14. The number of nitrogens with one attached hydrogen (secondary N) is 2. The largest absolute Gasteiger partial charge is 0.362 e. The lowest BCUT2D eigenvalue weighted by Crippen LogP contribution is -2.30. The lowest BCUT2D eigenvalue weighted by molar-refractivity contribution is 0.777. The fourth-order valence-corrected chi connectivity index (χ4v) is 3.23. The summed E-state index contributed by atoms with van der Waals surface area (Å²) in [6.45, 7) is 2.81. The van der Waals surface area contributed by atoms with Crippen molar-refractivity contribution in [2.24, 2.45) is 0 Å². The lowest BCUT2D eigenvalue weighted by atomic mass is 10.1. The Morgan fingerprint density at radius 1 is 1.16 bits per heavy atom. The van der Waals surface area contributed by atoms with Crippen LogP contribution in [0.15, 0.2) is 36.4 Å². The van der Waals surface area contributed by atoms with Crippen LogP contribution in [-0.2, 0) is 6.42 Å². The van der Waals surface area contributed by atoms with Gasteiger partial charge in [-0.1, -0.05) is 41.9 Å². The molecule has 0 unspecified atom stereocenters. The molecule has 0 amide bonds. The fourth-order valence-electron chi connectivity index (χ4n) is 2.85. The van der Waals surface area contributed by atoms with Crippen molar-refractivity contribution in [1.82, 2.24) is 15.3 Å². The molecule has 7 heteroatoms. The highest BCUT2D eigenvalue weighted by atomic mass is 35.5. The summed E-state index contributed by atoms with van der Waals surface area (Å²) in [7, 11) is 0. The van der Waals surface area contributed by atoms with Gasteiger partial charge in [0, 0.05) is 25.7 Å². The first kappa shape index (κ1) is 17.9. The molecule has 0 radical (unpaired) electrons. The number of aromatic nitrogens is 2. The predicted molar refractivity (Wildman–Crippen MR) is 107 cm³/mol. The minimum atomic E-state index is 0.422. The van der Waals surface area contributed by atoms with E-state index in [0.29, 0.717) is 16.2 Å². The monoisotopic (exact) mass is 375 g/mol. The Morgan fingerprint density at radius 3 is 2.68 bits per heavy atom. The van der Waals surface area contributed by atoms with Crippen LogP contribution < -0.4 is 15.5 Å². The lowest BCUT2D eigenvalue weighted by Gasteiger charge is -2.17. The number of benzene rings is 1. The van der Waals surface area contributed by atoms with Crippen molar-refractivity contribution in [3.05, 3.63) is 47.1 Å². The summed E-state index contributed by atoms with van der Waals surface area (Å²) in [5, 5.41) is 7.16. The zero-order chi connectivity index (χ0) is 17.5. The summed E-state index contributed by atoms with van der Waals surface area (Å²) >= 11 is 11.5. The highest BCUT2D eigenvalue weighted by Crippen LogP contribution is 2.22. The molecule has 2 N–H and O–H groups in total. The first-order valence-electron chi connectivity index (χ1n) is 8.59. The third-order valence-electron chi connectivity index (χ3n) is 4.11. The van der Waals surface area contributed by atoms with Crippen molar-refractivity contribution in [2.45, 2.75) is 25.7 Å². The second kappa shape index (κ2) is 8.97. The van der Waals surface area contributed by atoms with E-state index >= 15 is 0 Å². The Bertz CT molecular complexity index is 704. The van der Waals surface area contributed by atoms with Crippen molar-refractivity contribution < 1.29 is 0 Å². The van der Waals surface area contributed by atoms with E-state index in [2.05, 4.69) is 49.8 Å². The van der Waals surface area contributed by atoms with E-state index in [9.17, 15) is 0 Å². The smallest absolute Gasteiger partial charge is 0.232 e. The molecule has 3 rings (SSSR count). The highest BCUT2D eigenvalue weighted by Gasteiger charge is 2.15. The van der Waals surface area contributed by atoms with Gasteiger partial charge >= 0.3 is 0 Å². The van der Waals surface area contributed by atoms with Crippen molar-refractivity contribution >= 4 is 40.7 Å². The average molecular weight is 376 g/mol. The second-order valence-electron chi connectivity index (χ2n) is 6.04. The van der Waals surface area contributed by atoms with Crippen LogP contribution in [0.2, 0.25) is 5.15 Å². The minimum Gasteiger partial charge on any atom is -0.362 e. The van der Waals surface area contributed by atoms with Gasteiger partial charge in [0.1, 0.15) is 11.0 Å². The standard InChI is InChI=1S/C18H22ClN5S/c19-15-13-16(24-11-4-5-12-24)22-17(21-15)23-18(25)20-10-6-9-14-7-2-1-3-8-14/h1-3,7-8,13H,4-6,9-12H2,(H2,20,21,22,23,25). The zero-order valence-corrected chi connectivity index (χ0v) is 15.6. The van der Waals surface area contributed by atoms with Crippen molar-refractivity contribution in [3.8, 4) is 0 Å². The minimum absolute atomic E-state index is 0.422. The summed E-state index contributed by atoms with van der Waals surface area (Å²) in [5.74, 6) is 1.29. The van der Waals surface area contributed by atoms with Gasteiger partial charge in [0.15, 0.2) is 5.11 Å². The number of nitrogens with zero attached hydrogens (tertiary/aromatic N) is 3. The molecule has 2 aromatic rings. The van der Waals surface area contributed by atoms with Crippen LogP contribution in [0.3, 0.4) is 0 Å². The maximum absolute atomic E-state index is 6.13. The van der Waals surface area contributed by atoms with Crippen LogP contribution in [-0.4, -0.2) is 34.7 Å². The topological polar surface area (TPSA) is 53.1 Å². The van der Waals surface area contributed by atoms with Crippen LogP contribution >= 0.6 is 23.8 Å². The Morgan fingerprint density at radius 2 is 1.92 bits per heavy atom. The van der Waals surface area contributed by atoms with Gasteiger partial charge in [0.2, 0.25) is 5.95 Å². The van der Waals surface area contributed by atoms with E-state index in [1.807, 2.05) is 6.07 Å². The molecule has 0 bridgehead atoms. The molecule has 1 aromatic heterocycles. The molecule has 1 saturated heterocycles. The first-order chi connectivity index (χ1) is 12.2. The molecule has 2 heterocycles. The third kappa shape index (κ3) is 5.54. The zero-order valence-electron chi connectivity index (χ0n) is 14.0. The molecule has 0 spiro atoms. The number of thiocarbonyl (C=S) groups is 1. The summed E-state index contributed by atoms with van der Waals surface area (Å²) in [6, 6.07) is 12.2. The van der Waals surface area contributed by atoms with Gasteiger partial charge < -0.3 is 15.5 Å². The molecule has 132 valence electrons. The first-order valence-corrected chi connectivity index (χ1v) is 9.37. The second-order valence-corrected chi connectivity index (χ2v) is 6.83. The van der Waals surface area contributed by atoms with E-state index in [1.165, 1.54) is 18.4 Å². The van der Waals surface area contributed by atoms with Gasteiger partial charge in [-0.05, 0) is 43.5 Å². The van der Waals surface area contributed by atoms with Gasteiger partial charge in [-0.2, -0.15) is 4.98 Å². The van der Waals surface area contributed by atoms with E-state index in [0.717, 1.165) is 38.3 Å². The van der Waals surface area contributed by atoms with E-state index < -0.39 is 0 Å². The van der Waals surface area contributed by atoms with Crippen LogP contribution in [0.25, 0.3) is 0 Å². The number of halogens is 1. The molecular weight excluding hydrogens is 354 g/mol. The Labute approximate surface area is 158 Å². The van der Waals surface area contributed by atoms with E-state index in [1.54, 1.807) is 6.07 Å². The molecule has 5 nitrogen and oxygen atoms in total. The molecule has 1 aliphatic heterocycles. The Hall–Kier alpha value is -1.92. The molecule has 0 aliphatic carbocycles. The van der Waals surface area contributed by atoms with Gasteiger partial charge in [-0.15, -0.1) is 0 Å². The summed E-state index contributed by atoms with van der Waals surface area (Å²) in [6.07, 6.45) is 4.39. The maximum Gasteiger partial charge on any atom is 0.232 e. The molecule has 1 aromatic carbocycles. The molecule has 25 heavy (non-hydrogen) atoms. The van der Waals surface area contributed by atoms with Crippen LogP contribution in [0, 0.1) is 0 Å². The van der Waals surface area contributed by atoms with Crippen molar-refractivity contribution in [3.63, 3.8) is 0 Å². The highest BCUT2D eigenvalue weighted by molar-refractivity contribution is 7.80.